The molecule has 2 atom stereocenters. The van der Waals surface area contributed by atoms with Gasteiger partial charge in [0.25, 0.3) is 0 Å². The van der Waals surface area contributed by atoms with Crippen LogP contribution in [0, 0.1) is 5.92 Å². The van der Waals surface area contributed by atoms with Gasteiger partial charge < -0.3 is 0 Å². The largest absolute Gasteiger partial charge is 0.128 e. The molecule has 0 nitrogen and oxygen atoms in total. The summed E-state index contributed by atoms with van der Waals surface area (Å²) < 4.78 is 0.868. The summed E-state index contributed by atoms with van der Waals surface area (Å²) in [7, 11) is 0. The lowest BCUT2D eigenvalue weighted by molar-refractivity contribution is 0.445. The maximum absolute atomic E-state index is 6.64. The second-order valence-electron chi connectivity index (χ2n) is 4.81. The highest BCUT2D eigenvalue weighted by Gasteiger charge is 2.27. The molecule has 2 unspecified atom stereocenters. The number of halogens is 2. The van der Waals surface area contributed by atoms with Gasteiger partial charge in [-0.15, -0.1) is 22.9 Å². The predicted molar refractivity (Wildman–Crippen MR) is 79.9 cm³/mol. The maximum atomic E-state index is 6.64. The summed E-state index contributed by atoms with van der Waals surface area (Å²) in [5.41, 5.74) is 2.73. The van der Waals surface area contributed by atoms with Crippen LogP contribution in [-0.2, 0) is 12.8 Å². The molecule has 0 saturated heterocycles. The van der Waals surface area contributed by atoms with E-state index < -0.39 is 0 Å². The molecule has 0 amide bonds. The molecule has 1 aliphatic rings. The first-order chi connectivity index (χ1) is 8.74. The lowest BCUT2D eigenvalue weighted by Crippen LogP contribution is -2.18. The fraction of sp³-hybridized carbons (Fsp3) is 0.333. The van der Waals surface area contributed by atoms with Crippen LogP contribution in [-0.4, -0.2) is 0 Å². The van der Waals surface area contributed by atoms with Crippen LogP contribution in [0.5, 0.6) is 0 Å². The van der Waals surface area contributed by atoms with Gasteiger partial charge in [-0.05, 0) is 48.4 Å². The van der Waals surface area contributed by atoms with Gasteiger partial charge in [-0.1, -0.05) is 35.9 Å². The summed E-state index contributed by atoms with van der Waals surface area (Å²) in [5.74, 6) is 0.524. The van der Waals surface area contributed by atoms with Crippen molar-refractivity contribution in [3.8, 4) is 0 Å². The van der Waals surface area contributed by atoms with E-state index in [1.807, 2.05) is 6.07 Å². The van der Waals surface area contributed by atoms with Crippen LogP contribution in [0.2, 0.25) is 4.34 Å². The maximum Gasteiger partial charge on any atom is 0.0931 e. The monoisotopic (exact) mass is 296 g/mol. The zero-order valence-electron chi connectivity index (χ0n) is 9.90. The van der Waals surface area contributed by atoms with E-state index >= 15 is 0 Å². The van der Waals surface area contributed by atoms with E-state index in [9.17, 15) is 0 Å². The molecule has 0 saturated carbocycles. The van der Waals surface area contributed by atoms with Gasteiger partial charge in [0.05, 0.1) is 9.71 Å². The van der Waals surface area contributed by atoms with Gasteiger partial charge in [0.15, 0.2) is 0 Å². The molecule has 1 heterocycles. The third kappa shape index (κ3) is 2.45. The van der Waals surface area contributed by atoms with Crippen molar-refractivity contribution >= 4 is 34.5 Å². The molecular weight excluding hydrogens is 283 g/mol. The van der Waals surface area contributed by atoms with Crippen molar-refractivity contribution in [1.82, 2.24) is 0 Å². The van der Waals surface area contributed by atoms with Crippen LogP contribution >= 0.6 is 34.5 Å². The molecule has 0 spiro atoms. The predicted octanol–water partition coefficient (Wildman–Crippen LogP) is 5.49. The first-order valence-corrected chi connectivity index (χ1v) is 7.83. The van der Waals surface area contributed by atoms with Crippen molar-refractivity contribution in [2.24, 2.45) is 5.92 Å². The van der Waals surface area contributed by atoms with Gasteiger partial charge >= 0.3 is 0 Å². The van der Waals surface area contributed by atoms with E-state index in [-0.39, 0.29) is 5.38 Å². The topological polar surface area (TPSA) is 0 Å². The van der Waals surface area contributed by atoms with Crippen LogP contribution in [0.15, 0.2) is 36.4 Å². The number of hydrogen-bond donors (Lipinski definition) is 0. The Hall–Kier alpha value is -0.500. The summed E-state index contributed by atoms with van der Waals surface area (Å²) in [6.45, 7) is 0. The average Bonchev–Trinajstić information content (AvgIpc) is 2.79. The molecule has 0 radical (unpaired) electrons. The van der Waals surface area contributed by atoms with Gasteiger partial charge in [-0.2, -0.15) is 0 Å². The number of hydrogen-bond acceptors (Lipinski definition) is 1. The van der Waals surface area contributed by atoms with Crippen LogP contribution in [0.3, 0.4) is 0 Å². The first-order valence-electron chi connectivity index (χ1n) is 6.20. The van der Waals surface area contributed by atoms with E-state index in [0.717, 1.165) is 17.2 Å². The summed E-state index contributed by atoms with van der Waals surface area (Å²) in [6, 6.07) is 12.6. The zero-order chi connectivity index (χ0) is 12.5. The number of fused-ring (bicyclic) bond motifs is 1. The van der Waals surface area contributed by atoms with E-state index in [4.69, 9.17) is 23.2 Å². The fourth-order valence-electron chi connectivity index (χ4n) is 2.70. The normalized spacial score (nSPS) is 22.8. The van der Waals surface area contributed by atoms with E-state index in [2.05, 4.69) is 30.3 Å². The average molecular weight is 297 g/mol. The highest BCUT2D eigenvalue weighted by molar-refractivity contribution is 7.16. The molecule has 94 valence electrons. The van der Waals surface area contributed by atoms with Gasteiger partial charge in [0.1, 0.15) is 0 Å². The van der Waals surface area contributed by atoms with Crippen LogP contribution in [0.1, 0.15) is 27.8 Å². The van der Waals surface area contributed by atoms with Gasteiger partial charge in [0, 0.05) is 4.88 Å². The van der Waals surface area contributed by atoms with Crippen molar-refractivity contribution in [3.63, 3.8) is 0 Å². The Balaban J connectivity index is 1.80. The van der Waals surface area contributed by atoms with Crippen molar-refractivity contribution in [3.05, 3.63) is 56.7 Å². The molecular formula is C15H14Cl2S. The molecule has 1 aromatic heterocycles. The van der Waals surface area contributed by atoms with Crippen molar-refractivity contribution in [2.45, 2.75) is 24.6 Å². The lowest BCUT2D eigenvalue weighted by atomic mass is 9.81. The number of rotatable bonds is 2. The zero-order valence-corrected chi connectivity index (χ0v) is 12.2. The highest BCUT2D eigenvalue weighted by atomic mass is 35.5. The fourth-order valence-corrected chi connectivity index (χ4v) is 4.31. The molecule has 1 aliphatic carbocycles. The van der Waals surface area contributed by atoms with Crippen LogP contribution in [0.25, 0.3) is 0 Å². The molecule has 3 rings (SSSR count). The van der Waals surface area contributed by atoms with E-state index in [1.165, 1.54) is 22.4 Å². The SMILES string of the molecule is Clc1ccc(CC2CCc3ccccc3C2Cl)s1. The number of thiophene rings is 1. The van der Waals surface area contributed by atoms with Gasteiger partial charge in [0.2, 0.25) is 0 Å². The minimum Gasteiger partial charge on any atom is -0.128 e. The number of alkyl halides is 1. The second kappa shape index (κ2) is 5.24. The quantitative estimate of drug-likeness (QED) is 0.643. The molecule has 0 fully saturated rings. The third-order valence-electron chi connectivity index (χ3n) is 3.64. The van der Waals surface area contributed by atoms with Gasteiger partial charge in [-0.3, -0.25) is 0 Å². The Kier molecular flexibility index (Phi) is 3.65. The Morgan fingerprint density at radius 1 is 1.17 bits per heavy atom. The second-order valence-corrected chi connectivity index (χ2v) is 7.08. The third-order valence-corrected chi connectivity index (χ3v) is 5.49. The molecule has 0 N–H and O–H groups in total. The molecule has 2 aromatic rings. The van der Waals surface area contributed by atoms with Crippen LogP contribution < -0.4 is 0 Å². The minimum absolute atomic E-state index is 0.135. The Morgan fingerprint density at radius 3 is 2.78 bits per heavy atom. The standard InChI is InChI=1S/C15H14Cl2S/c16-14-8-7-12(18-14)9-11-6-5-10-3-1-2-4-13(10)15(11)17/h1-4,7-8,11,15H,5-6,9H2. The Morgan fingerprint density at radius 2 is 2.00 bits per heavy atom. The molecule has 3 heteroatoms. The number of aryl methyl sites for hydroxylation is 1. The summed E-state index contributed by atoms with van der Waals surface area (Å²) in [6.07, 6.45) is 3.35. The van der Waals surface area contributed by atoms with Crippen molar-refractivity contribution in [2.75, 3.05) is 0 Å². The van der Waals surface area contributed by atoms with Crippen molar-refractivity contribution < 1.29 is 0 Å². The molecule has 0 aliphatic heterocycles. The van der Waals surface area contributed by atoms with E-state index in [0.29, 0.717) is 5.92 Å². The van der Waals surface area contributed by atoms with Gasteiger partial charge in [-0.25, -0.2) is 0 Å². The van der Waals surface area contributed by atoms with Crippen LogP contribution in [0.4, 0.5) is 0 Å². The van der Waals surface area contributed by atoms with E-state index in [1.54, 1.807) is 11.3 Å². The minimum atomic E-state index is 0.135. The summed E-state index contributed by atoms with van der Waals surface area (Å²) in [4.78, 5) is 1.34. The molecule has 1 aromatic carbocycles. The number of benzene rings is 1. The molecule has 0 bridgehead atoms. The first kappa shape index (κ1) is 12.5. The molecule has 18 heavy (non-hydrogen) atoms. The Labute approximate surface area is 122 Å². The highest BCUT2D eigenvalue weighted by Crippen LogP contribution is 2.41. The van der Waals surface area contributed by atoms with Crippen molar-refractivity contribution in [1.29, 1.82) is 0 Å². The smallest absolute Gasteiger partial charge is 0.0931 e. The lowest BCUT2D eigenvalue weighted by Gasteiger charge is -2.29. The summed E-state index contributed by atoms with van der Waals surface area (Å²) in [5, 5.41) is 0.135. The Bertz CT molecular complexity index is 547. The summed E-state index contributed by atoms with van der Waals surface area (Å²) >= 11 is 14.3.